The highest BCUT2D eigenvalue weighted by atomic mass is 19.1. The highest BCUT2D eigenvalue weighted by Gasteiger charge is 2.42. The van der Waals surface area contributed by atoms with Crippen molar-refractivity contribution in [1.82, 2.24) is 0 Å². The van der Waals surface area contributed by atoms with Crippen molar-refractivity contribution < 1.29 is 33.1 Å². The van der Waals surface area contributed by atoms with Crippen LogP contribution in [0.25, 0.3) is 0 Å². The molecule has 0 radical (unpaired) electrons. The van der Waals surface area contributed by atoms with Gasteiger partial charge in [0.2, 0.25) is 6.54 Å². The van der Waals surface area contributed by atoms with Crippen molar-refractivity contribution in [3.63, 3.8) is 0 Å². The van der Waals surface area contributed by atoms with Crippen molar-refractivity contribution in [3.05, 3.63) is 39.7 Å². The number of hydrogen-bond donors (Lipinski definition) is 0. The molecule has 0 amide bonds. The van der Waals surface area contributed by atoms with Crippen LogP contribution in [0.2, 0.25) is 0 Å². The van der Waals surface area contributed by atoms with Crippen LogP contribution >= 0.6 is 0 Å². The highest BCUT2D eigenvalue weighted by molar-refractivity contribution is 5.96. The molecule has 0 aliphatic rings. The van der Waals surface area contributed by atoms with Gasteiger partial charge in [0.1, 0.15) is 11.6 Å². The van der Waals surface area contributed by atoms with E-state index in [2.05, 4.69) is 9.47 Å². The van der Waals surface area contributed by atoms with E-state index in [0.29, 0.717) is 0 Å². The van der Waals surface area contributed by atoms with Crippen molar-refractivity contribution in [3.8, 4) is 5.75 Å². The molecule has 0 fully saturated rings. The zero-order valence-corrected chi connectivity index (χ0v) is 12.8. The Balaban J connectivity index is 3.39. The van der Waals surface area contributed by atoms with Gasteiger partial charge in [-0.15, -0.1) is 0 Å². The molecule has 0 saturated carbocycles. The molecule has 1 atom stereocenters. The largest absolute Gasteiger partial charge is 0.497 e. The number of esters is 2. The topological polar surface area (TPSA) is 105 Å². The summed E-state index contributed by atoms with van der Waals surface area (Å²) in [4.78, 5) is 33.9. The molecule has 0 N–H and O–H groups in total. The highest BCUT2D eigenvalue weighted by Crippen LogP contribution is 2.31. The van der Waals surface area contributed by atoms with Crippen LogP contribution in [-0.2, 0) is 19.1 Å². The molecular weight excluding hydrogens is 313 g/mol. The van der Waals surface area contributed by atoms with Crippen LogP contribution in [0, 0.1) is 21.8 Å². The number of nitro groups is 1. The molecule has 9 heteroatoms. The fourth-order valence-corrected chi connectivity index (χ4v) is 2.16. The first-order chi connectivity index (χ1) is 10.8. The van der Waals surface area contributed by atoms with E-state index in [1.807, 2.05) is 0 Å². The minimum atomic E-state index is -1.65. The van der Waals surface area contributed by atoms with Crippen molar-refractivity contribution >= 4 is 11.9 Å². The number of hydrogen-bond acceptors (Lipinski definition) is 7. The number of methoxy groups -OCH3 is 3. The van der Waals surface area contributed by atoms with Crippen LogP contribution in [0.15, 0.2) is 18.2 Å². The number of benzene rings is 1. The zero-order valence-electron chi connectivity index (χ0n) is 12.8. The smallest absolute Gasteiger partial charge is 0.320 e. The van der Waals surface area contributed by atoms with Crippen LogP contribution in [0.4, 0.5) is 4.39 Å². The fraction of sp³-hybridized carbons (Fsp3) is 0.429. The number of halogens is 1. The lowest BCUT2D eigenvalue weighted by Gasteiger charge is -2.21. The third-order valence-electron chi connectivity index (χ3n) is 3.27. The third kappa shape index (κ3) is 4.38. The summed E-state index contributed by atoms with van der Waals surface area (Å²) in [5.41, 5.74) is -0.177. The van der Waals surface area contributed by atoms with Gasteiger partial charge in [-0.1, -0.05) is 6.07 Å². The van der Waals surface area contributed by atoms with E-state index in [-0.39, 0.29) is 11.3 Å². The fourth-order valence-electron chi connectivity index (χ4n) is 2.16. The average Bonchev–Trinajstić information content (AvgIpc) is 2.53. The van der Waals surface area contributed by atoms with Gasteiger partial charge in [-0.3, -0.25) is 19.7 Å². The Morgan fingerprint density at radius 2 is 1.78 bits per heavy atom. The standard InChI is InChI=1S/C14H16FNO7/c1-21-8-4-5-9(11(15)6-8)10(7-16(19)20)12(13(17)22-2)14(18)23-3/h4-6,10,12H,7H2,1-3H3. The molecule has 0 spiro atoms. The Bertz CT molecular complexity index is 589. The maximum absolute atomic E-state index is 14.2. The molecule has 1 unspecified atom stereocenters. The molecule has 0 aliphatic carbocycles. The predicted molar refractivity (Wildman–Crippen MR) is 75.1 cm³/mol. The summed E-state index contributed by atoms with van der Waals surface area (Å²) in [7, 11) is 3.37. The summed E-state index contributed by atoms with van der Waals surface area (Å²) in [5.74, 6) is -5.76. The van der Waals surface area contributed by atoms with Crippen LogP contribution < -0.4 is 4.74 Å². The Hall–Kier alpha value is -2.71. The van der Waals surface area contributed by atoms with Gasteiger partial charge in [0.15, 0.2) is 5.92 Å². The average molecular weight is 329 g/mol. The van der Waals surface area contributed by atoms with Crippen LogP contribution in [0.1, 0.15) is 11.5 Å². The van der Waals surface area contributed by atoms with E-state index in [9.17, 15) is 24.1 Å². The number of carbonyl (C=O) groups is 2. The first-order valence-corrected chi connectivity index (χ1v) is 6.46. The second kappa shape index (κ2) is 8.06. The molecule has 8 nitrogen and oxygen atoms in total. The monoisotopic (exact) mass is 329 g/mol. The van der Waals surface area contributed by atoms with Gasteiger partial charge in [-0.05, 0) is 11.6 Å². The summed E-state index contributed by atoms with van der Waals surface area (Å²) in [5, 5.41) is 10.9. The molecule has 23 heavy (non-hydrogen) atoms. The second-order valence-corrected chi connectivity index (χ2v) is 4.53. The molecule has 126 valence electrons. The molecule has 0 bridgehead atoms. The Kier molecular flexibility index (Phi) is 6.43. The van der Waals surface area contributed by atoms with E-state index in [1.54, 1.807) is 0 Å². The van der Waals surface area contributed by atoms with Gasteiger partial charge >= 0.3 is 11.9 Å². The molecule has 0 aliphatic heterocycles. The quantitative estimate of drug-likeness (QED) is 0.320. The zero-order chi connectivity index (χ0) is 17.6. The van der Waals surface area contributed by atoms with E-state index in [4.69, 9.17) is 4.74 Å². The Morgan fingerprint density at radius 3 is 2.17 bits per heavy atom. The van der Waals surface area contributed by atoms with Gasteiger partial charge in [0, 0.05) is 11.0 Å². The van der Waals surface area contributed by atoms with E-state index in [1.165, 1.54) is 19.2 Å². The third-order valence-corrected chi connectivity index (χ3v) is 3.27. The molecule has 0 saturated heterocycles. The van der Waals surface area contributed by atoms with Crippen molar-refractivity contribution in [1.29, 1.82) is 0 Å². The second-order valence-electron chi connectivity index (χ2n) is 4.53. The Labute approximate surface area is 131 Å². The minimum Gasteiger partial charge on any atom is -0.497 e. The van der Waals surface area contributed by atoms with Crippen LogP contribution in [0.3, 0.4) is 0 Å². The summed E-state index contributed by atoms with van der Waals surface area (Å²) in [6.07, 6.45) is 0. The number of rotatable bonds is 7. The number of carbonyl (C=O) groups excluding carboxylic acids is 2. The Morgan fingerprint density at radius 1 is 1.22 bits per heavy atom. The van der Waals surface area contributed by atoms with Crippen molar-refractivity contribution in [2.24, 2.45) is 5.92 Å². The van der Waals surface area contributed by atoms with Gasteiger partial charge in [-0.25, -0.2) is 4.39 Å². The van der Waals surface area contributed by atoms with Gasteiger partial charge < -0.3 is 14.2 Å². The molecular formula is C14H16FNO7. The van der Waals surface area contributed by atoms with Gasteiger partial charge in [-0.2, -0.15) is 0 Å². The lowest BCUT2D eigenvalue weighted by Crippen LogP contribution is -2.36. The van der Waals surface area contributed by atoms with Crippen molar-refractivity contribution in [2.75, 3.05) is 27.9 Å². The SMILES string of the molecule is COC(=O)C(C(=O)OC)C(C[N+](=O)[O-])c1ccc(OC)cc1F. The first kappa shape index (κ1) is 18.3. The minimum absolute atomic E-state index is 0.177. The normalized spacial score (nSPS) is 11.7. The molecule has 1 aromatic carbocycles. The summed E-state index contributed by atoms with van der Waals surface area (Å²) in [6, 6.07) is 3.60. The summed E-state index contributed by atoms with van der Waals surface area (Å²) >= 11 is 0. The van der Waals surface area contributed by atoms with E-state index < -0.39 is 41.1 Å². The number of nitrogens with zero attached hydrogens (tertiary/aromatic N) is 1. The van der Waals surface area contributed by atoms with Gasteiger partial charge in [0.05, 0.1) is 27.2 Å². The molecule has 1 rings (SSSR count). The lowest BCUT2D eigenvalue weighted by atomic mass is 9.85. The molecule has 1 aromatic rings. The van der Waals surface area contributed by atoms with E-state index >= 15 is 0 Å². The predicted octanol–water partition coefficient (Wildman–Crippen LogP) is 1.16. The molecule has 0 aromatic heterocycles. The van der Waals surface area contributed by atoms with Crippen LogP contribution in [-0.4, -0.2) is 44.7 Å². The maximum atomic E-state index is 14.2. The van der Waals surface area contributed by atoms with E-state index in [0.717, 1.165) is 20.3 Å². The van der Waals surface area contributed by atoms with Gasteiger partial charge in [0.25, 0.3) is 0 Å². The lowest BCUT2D eigenvalue weighted by molar-refractivity contribution is -0.484. The number of ether oxygens (including phenoxy) is 3. The summed E-state index contributed by atoms with van der Waals surface area (Å²) in [6.45, 7) is -0.849. The maximum Gasteiger partial charge on any atom is 0.320 e. The molecule has 0 heterocycles. The summed E-state index contributed by atoms with van der Waals surface area (Å²) < 4.78 is 28.1. The first-order valence-electron chi connectivity index (χ1n) is 6.46. The van der Waals surface area contributed by atoms with Crippen LogP contribution in [0.5, 0.6) is 5.75 Å². The van der Waals surface area contributed by atoms with Crippen molar-refractivity contribution in [2.45, 2.75) is 5.92 Å².